The SMILES string of the molecule is Cc1cccc(C)c1-c1cc(=O)oc2nc(N(C)[C@@H](C)C(=O)O)ccc12. The third-order valence-corrected chi connectivity index (χ3v) is 4.65. The molecule has 0 saturated carbocycles. The molecule has 0 unspecified atom stereocenters. The number of benzene rings is 1. The second-order valence-electron chi connectivity index (χ2n) is 6.39. The Labute approximate surface area is 150 Å². The third-order valence-electron chi connectivity index (χ3n) is 4.65. The molecule has 6 nitrogen and oxygen atoms in total. The lowest BCUT2D eigenvalue weighted by Gasteiger charge is -2.22. The predicted octanol–water partition coefficient (Wildman–Crippen LogP) is 3.38. The maximum atomic E-state index is 12.1. The Bertz CT molecular complexity index is 1040. The van der Waals surface area contributed by atoms with Gasteiger partial charge in [-0.05, 0) is 49.6 Å². The Morgan fingerprint density at radius 2 is 1.85 bits per heavy atom. The maximum Gasteiger partial charge on any atom is 0.338 e. The van der Waals surface area contributed by atoms with Crippen molar-refractivity contribution in [3.8, 4) is 11.1 Å². The van der Waals surface area contributed by atoms with Crippen molar-refractivity contribution in [2.75, 3.05) is 11.9 Å². The van der Waals surface area contributed by atoms with Crippen LogP contribution in [0, 0.1) is 13.8 Å². The first-order valence-electron chi connectivity index (χ1n) is 8.26. The van der Waals surface area contributed by atoms with E-state index in [1.807, 2.05) is 38.1 Å². The number of hydrogen-bond donors (Lipinski definition) is 1. The van der Waals surface area contributed by atoms with Gasteiger partial charge in [0, 0.05) is 24.1 Å². The molecule has 1 aromatic carbocycles. The molecule has 0 spiro atoms. The lowest BCUT2D eigenvalue weighted by Crippen LogP contribution is -2.36. The Kier molecular flexibility index (Phi) is 4.50. The highest BCUT2D eigenvalue weighted by Crippen LogP contribution is 2.32. The number of anilines is 1. The number of nitrogens with zero attached hydrogens (tertiary/aromatic N) is 2. The first-order valence-corrected chi connectivity index (χ1v) is 8.26. The van der Waals surface area contributed by atoms with Gasteiger partial charge in [0.25, 0.3) is 0 Å². The number of carboxylic acids is 1. The second kappa shape index (κ2) is 6.63. The van der Waals surface area contributed by atoms with E-state index in [2.05, 4.69) is 4.98 Å². The summed E-state index contributed by atoms with van der Waals surface area (Å²) in [6.45, 7) is 5.55. The summed E-state index contributed by atoms with van der Waals surface area (Å²) in [6.07, 6.45) is 0. The van der Waals surface area contributed by atoms with Crippen molar-refractivity contribution in [2.24, 2.45) is 0 Å². The van der Waals surface area contributed by atoms with E-state index in [9.17, 15) is 14.7 Å². The van der Waals surface area contributed by atoms with Gasteiger partial charge in [-0.25, -0.2) is 9.59 Å². The summed E-state index contributed by atoms with van der Waals surface area (Å²) in [5.74, 6) is -0.533. The number of likely N-dealkylation sites (N-methyl/N-ethyl adjacent to an activating group) is 1. The summed E-state index contributed by atoms with van der Waals surface area (Å²) in [5, 5.41) is 9.89. The van der Waals surface area contributed by atoms with Crippen molar-refractivity contribution in [1.29, 1.82) is 0 Å². The summed E-state index contributed by atoms with van der Waals surface area (Å²) in [4.78, 5) is 29.2. The molecule has 134 valence electrons. The molecule has 26 heavy (non-hydrogen) atoms. The fourth-order valence-corrected chi connectivity index (χ4v) is 3.04. The summed E-state index contributed by atoms with van der Waals surface area (Å²) >= 11 is 0. The summed E-state index contributed by atoms with van der Waals surface area (Å²) < 4.78 is 5.29. The first kappa shape index (κ1) is 17.7. The number of carbonyl (C=O) groups is 1. The molecule has 0 aliphatic carbocycles. The van der Waals surface area contributed by atoms with Crippen molar-refractivity contribution >= 4 is 22.9 Å². The molecule has 0 aliphatic rings. The van der Waals surface area contributed by atoms with Gasteiger partial charge >= 0.3 is 11.6 Å². The normalized spacial score (nSPS) is 12.2. The standard InChI is InChI=1S/C20H20N2O4/c1-11-6-5-7-12(2)18(11)15-10-17(23)26-19-14(15)8-9-16(21-19)22(4)13(3)20(24)25/h5-10,13H,1-4H3,(H,24,25)/t13-/m0/s1. The topological polar surface area (TPSA) is 83.6 Å². The smallest absolute Gasteiger partial charge is 0.338 e. The third kappa shape index (κ3) is 3.06. The van der Waals surface area contributed by atoms with Gasteiger partial charge in [0.2, 0.25) is 5.71 Å². The molecular weight excluding hydrogens is 332 g/mol. The van der Waals surface area contributed by atoms with Crippen molar-refractivity contribution in [2.45, 2.75) is 26.8 Å². The highest BCUT2D eigenvalue weighted by molar-refractivity contribution is 5.94. The van der Waals surface area contributed by atoms with Crippen LogP contribution in [0.4, 0.5) is 5.82 Å². The minimum atomic E-state index is -0.958. The molecule has 1 atom stereocenters. The van der Waals surface area contributed by atoms with Gasteiger partial charge in [0.1, 0.15) is 11.9 Å². The van der Waals surface area contributed by atoms with Gasteiger partial charge in [-0.1, -0.05) is 18.2 Å². The number of aromatic nitrogens is 1. The lowest BCUT2D eigenvalue weighted by molar-refractivity contribution is -0.138. The molecule has 0 amide bonds. The van der Waals surface area contributed by atoms with Crippen molar-refractivity contribution in [3.05, 3.63) is 57.9 Å². The number of aliphatic carboxylic acids is 1. The van der Waals surface area contributed by atoms with E-state index in [0.717, 1.165) is 22.3 Å². The van der Waals surface area contributed by atoms with Crippen molar-refractivity contribution in [1.82, 2.24) is 4.98 Å². The molecule has 3 aromatic rings. The van der Waals surface area contributed by atoms with E-state index in [4.69, 9.17) is 4.42 Å². The fourth-order valence-electron chi connectivity index (χ4n) is 3.04. The van der Waals surface area contributed by atoms with Crippen LogP contribution in [0.5, 0.6) is 0 Å². The zero-order valence-electron chi connectivity index (χ0n) is 15.1. The average molecular weight is 352 g/mol. The molecule has 0 bridgehead atoms. The van der Waals surface area contributed by atoms with Crippen LogP contribution in [0.2, 0.25) is 0 Å². The number of pyridine rings is 1. The Morgan fingerprint density at radius 1 is 1.19 bits per heavy atom. The quantitative estimate of drug-likeness (QED) is 0.775. The van der Waals surface area contributed by atoms with E-state index in [1.54, 1.807) is 20.0 Å². The molecule has 0 aliphatic heterocycles. The van der Waals surface area contributed by atoms with Crippen LogP contribution in [0.1, 0.15) is 18.1 Å². The van der Waals surface area contributed by atoms with Crippen LogP contribution in [0.15, 0.2) is 45.6 Å². The largest absolute Gasteiger partial charge is 0.480 e. The number of aryl methyl sites for hydroxylation is 2. The van der Waals surface area contributed by atoms with Gasteiger partial charge in [-0.2, -0.15) is 4.98 Å². The monoisotopic (exact) mass is 352 g/mol. The van der Waals surface area contributed by atoms with E-state index in [-0.39, 0.29) is 5.71 Å². The number of rotatable bonds is 4. The van der Waals surface area contributed by atoms with Crippen molar-refractivity contribution in [3.63, 3.8) is 0 Å². The lowest BCUT2D eigenvalue weighted by atomic mass is 9.94. The van der Waals surface area contributed by atoms with Gasteiger partial charge in [-0.15, -0.1) is 0 Å². The van der Waals surface area contributed by atoms with E-state index < -0.39 is 17.6 Å². The maximum absolute atomic E-state index is 12.1. The highest BCUT2D eigenvalue weighted by atomic mass is 16.4. The molecule has 3 rings (SSSR count). The summed E-state index contributed by atoms with van der Waals surface area (Å²) in [7, 11) is 1.64. The number of hydrogen-bond acceptors (Lipinski definition) is 5. The molecule has 0 fully saturated rings. The zero-order valence-corrected chi connectivity index (χ0v) is 15.1. The van der Waals surface area contributed by atoms with Crippen LogP contribution in [-0.2, 0) is 4.79 Å². The molecule has 0 radical (unpaired) electrons. The van der Waals surface area contributed by atoms with Crippen LogP contribution in [-0.4, -0.2) is 29.1 Å². The second-order valence-corrected chi connectivity index (χ2v) is 6.39. The Hall–Kier alpha value is -3.15. The van der Waals surface area contributed by atoms with Crippen LogP contribution in [0.25, 0.3) is 22.2 Å². The van der Waals surface area contributed by atoms with E-state index in [0.29, 0.717) is 11.2 Å². The number of fused-ring (bicyclic) bond motifs is 1. The molecule has 6 heteroatoms. The molecule has 1 N–H and O–H groups in total. The minimum absolute atomic E-state index is 0.192. The molecular formula is C20H20N2O4. The molecule has 2 aromatic heterocycles. The Morgan fingerprint density at radius 3 is 2.46 bits per heavy atom. The zero-order chi connectivity index (χ0) is 19.0. The highest BCUT2D eigenvalue weighted by Gasteiger charge is 2.20. The van der Waals surface area contributed by atoms with Crippen LogP contribution >= 0.6 is 0 Å². The van der Waals surface area contributed by atoms with Gasteiger partial charge < -0.3 is 14.4 Å². The fraction of sp³-hybridized carbons (Fsp3) is 0.250. The summed E-state index contributed by atoms with van der Waals surface area (Å²) in [5.41, 5.74) is 3.55. The first-order chi connectivity index (χ1) is 12.3. The van der Waals surface area contributed by atoms with E-state index in [1.165, 1.54) is 11.0 Å². The average Bonchev–Trinajstić information content (AvgIpc) is 2.59. The minimum Gasteiger partial charge on any atom is -0.480 e. The molecule has 0 saturated heterocycles. The predicted molar refractivity (Wildman–Crippen MR) is 101 cm³/mol. The van der Waals surface area contributed by atoms with Crippen molar-refractivity contribution < 1.29 is 14.3 Å². The van der Waals surface area contributed by atoms with E-state index >= 15 is 0 Å². The number of carboxylic acid groups (broad SMARTS) is 1. The molecule has 2 heterocycles. The Balaban J connectivity index is 2.22. The summed E-state index contributed by atoms with van der Waals surface area (Å²) in [6, 6.07) is 10.2. The van der Waals surface area contributed by atoms with Gasteiger partial charge in [0.15, 0.2) is 0 Å². The van der Waals surface area contributed by atoms with Gasteiger partial charge in [-0.3, -0.25) is 0 Å². The van der Waals surface area contributed by atoms with Gasteiger partial charge in [0.05, 0.1) is 0 Å². The van der Waals surface area contributed by atoms with Crippen LogP contribution < -0.4 is 10.5 Å². The van der Waals surface area contributed by atoms with Crippen LogP contribution in [0.3, 0.4) is 0 Å².